The van der Waals surface area contributed by atoms with E-state index in [0.29, 0.717) is 22.9 Å². The number of ether oxygens (including phenoxy) is 1. The highest BCUT2D eigenvalue weighted by Crippen LogP contribution is 2.21. The van der Waals surface area contributed by atoms with Crippen LogP contribution in [0, 0.1) is 0 Å². The van der Waals surface area contributed by atoms with Crippen LogP contribution in [-0.4, -0.2) is 21.2 Å². The zero-order valence-corrected chi connectivity index (χ0v) is 15.6. The maximum atomic E-state index is 12.1. The van der Waals surface area contributed by atoms with E-state index in [1.165, 1.54) is 30.5 Å². The monoisotopic (exact) mass is 428 g/mol. The van der Waals surface area contributed by atoms with E-state index >= 15 is 0 Å². The van der Waals surface area contributed by atoms with Gasteiger partial charge in [0.05, 0.1) is 11.1 Å². The lowest BCUT2D eigenvalue weighted by molar-refractivity contribution is 0.363. The third-order valence-corrected chi connectivity index (χ3v) is 5.05. The molecule has 2 aromatic rings. The molecule has 1 N–H and O–H groups in total. The second-order valence-corrected chi connectivity index (χ2v) is 7.54. The molecule has 0 fully saturated rings. The zero-order valence-electron chi connectivity index (χ0n) is 12.4. The number of sulfonamides is 1. The summed E-state index contributed by atoms with van der Waals surface area (Å²) in [6.07, 6.45) is 3.02. The van der Waals surface area contributed by atoms with Crippen LogP contribution in [0.1, 0.15) is 5.56 Å². The Kier molecular flexibility index (Phi) is 6.42. The molecule has 0 amide bonds. The van der Waals surface area contributed by atoms with Crippen LogP contribution in [0.4, 0.5) is 0 Å². The van der Waals surface area contributed by atoms with Gasteiger partial charge in [0.25, 0.3) is 10.0 Å². The minimum absolute atomic E-state index is 0.0752. The van der Waals surface area contributed by atoms with Gasteiger partial charge in [0.2, 0.25) is 0 Å². The molecule has 0 heterocycles. The fourth-order valence-electron chi connectivity index (χ4n) is 1.70. The molecule has 5 nitrogen and oxygen atoms in total. The van der Waals surface area contributed by atoms with Gasteiger partial charge in [-0.15, -0.1) is 0 Å². The van der Waals surface area contributed by atoms with Crippen molar-refractivity contribution in [3.05, 3.63) is 70.2 Å². The Morgan fingerprint density at radius 1 is 1.25 bits per heavy atom. The van der Waals surface area contributed by atoms with Crippen molar-refractivity contribution in [2.24, 2.45) is 5.10 Å². The predicted octanol–water partition coefficient (Wildman–Crippen LogP) is 3.98. The van der Waals surface area contributed by atoms with Crippen LogP contribution < -0.4 is 9.57 Å². The summed E-state index contributed by atoms with van der Waals surface area (Å²) in [5, 5.41) is 4.25. The normalized spacial score (nSPS) is 11.4. The summed E-state index contributed by atoms with van der Waals surface area (Å²) in [5.74, 6) is 0.625. The van der Waals surface area contributed by atoms with Gasteiger partial charge in [-0.25, -0.2) is 4.83 Å². The highest BCUT2D eigenvalue weighted by atomic mass is 79.9. The largest absolute Gasteiger partial charge is 0.490 e. The van der Waals surface area contributed by atoms with Crippen LogP contribution in [0.3, 0.4) is 0 Å². The molecular weight excluding hydrogens is 416 g/mol. The Labute approximate surface area is 154 Å². The van der Waals surface area contributed by atoms with E-state index in [9.17, 15) is 8.42 Å². The zero-order chi connectivity index (χ0) is 17.6. The van der Waals surface area contributed by atoms with Crippen LogP contribution >= 0.6 is 27.5 Å². The Bertz CT molecular complexity index is 852. The van der Waals surface area contributed by atoms with Crippen molar-refractivity contribution < 1.29 is 13.2 Å². The summed E-state index contributed by atoms with van der Waals surface area (Å²) >= 11 is 9.12. The van der Waals surface area contributed by atoms with E-state index in [2.05, 4.69) is 32.4 Å². The van der Waals surface area contributed by atoms with Crippen molar-refractivity contribution in [1.29, 1.82) is 0 Å². The molecule has 0 aliphatic carbocycles. The lowest BCUT2D eigenvalue weighted by Crippen LogP contribution is -2.18. The van der Waals surface area contributed by atoms with Gasteiger partial charge in [-0.3, -0.25) is 0 Å². The molecular formula is C16H14BrClN2O3S. The fraction of sp³-hybridized carbons (Fsp3) is 0.0625. The SMILES string of the molecule is C=CCOc1ccc(Br)c(/C=N/NS(=O)(=O)c2ccc(Cl)cc2)c1. The third-order valence-electron chi connectivity index (χ3n) is 2.84. The summed E-state index contributed by atoms with van der Waals surface area (Å²) in [7, 11) is -3.75. The number of nitrogens with one attached hydrogen (secondary N) is 1. The Hall–Kier alpha value is -1.83. The molecule has 2 aromatic carbocycles. The first-order valence-corrected chi connectivity index (χ1v) is 9.41. The number of benzene rings is 2. The van der Waals surface area contributed by atoms with Crippen LogP contribution in [0.15, 0.2) is 69.6 Å². The summed E-state index contributed by atoms with van der Waals surface area (Å²) in [5.41, 5.74) is 0.662. The average molecular weight is 430 g/mol. The number of hydrazone groups is 1. The molecule has 0 aliphatic heterocycles. The number of hydrogen-bond donors (Lipinski definition) is 1. The Balaban J connectivity index is 2.13. The first-order valence-electron chi connectivity index (χ1n) is 6.76. The lowest BCUT2D eigenvalue weighted by atomic mass is 10.2. The minimum Gasteiger partial charge on any atom is -0.490 e. The standard InChI is InChI=1S/C16H14BrClN2O3S/c1-2-9-23-14-5-8-16(17)12(10-14)11-19-20-24(21,22)15-6-3-13(18)4-7-15/h2-8,10-11,20H,1,9H2/b19-11+. The van der Waals surface area contributed by atoms with E-state index < -0.39 is 10.0 Å². The number of hydrogen-bond acceptors (Lipinski definition) is 4. The first kappa shape index (κ1) is 18.5. The van der Waals surface area contributed by atoms with Crippen LogP contribution in [0.5, 0.6) is 5.75 Å². The van der Waals surface area contributed by atoms with Crippen molar-refractivity contribution in [3.63, 3.8) is 0 Å². The molecule has 126 valence electrons. The maximum Gasteiger partial charge on any atom is 0.276 e. The molecule has 2 rings (SSSR count). The van der Waals surface area contributed by atoms with Crippen LogP contribution in [0.2, 0.25) is 5.02 Å². The van der Waals surface area contributed by atoms with E-state index in [1.807, 2.05) is 0 Å². The molecule has 0 aliphatic rings. The molecule has 0 saturated carbocycles. The lowest BCUT2D eigenvalue weighted by Gasteiger charge is -2.06. The summed E-state index contributed by atoms with van der Waals surface area (Å²) in [4.78, 5) is 2.23. The number of nitrogens with zero attached hydrogens (tertiary/aromatic N) is 1. The van der Waals surface area contributed by atoms with Gasteiger partial charge in [-0.2, -0.15) is 13.5 Å². The molecule has 0 spiro atoms. The highest BCUT2D eigenvalue weighted by molar-refractivity contribution is 9.10. The van der Waals surface area contributed by atoms with E-state index in [0.717, 1.165) is 4.47 Å². The fourth-order valence-corrected chi connectivity index (χ4v) is 2.96. The first-order chi connectivity index (χ1) is 11.4. The van der Waals surface area contributed by atoms with Crippen LogP contribution in [0.25, 0.3) is 0 Å². The van der Waals surface area contributed by atoms with Crippen molar-refractivity contribution >= 4 is 43.8 Å². The summed E-state index contributed by atoms with van der Waals surface area (Å²) in [6.45, 7) is 3.96. The van der Waals surface area contributed by atoms with E-state index in [-0.39, 0.29) is 4.90 Å². The molecule has 0 unspecified atom stereocenters. The van der Waals surface area contributed by atoms with Crippen molar-refractivity contribution in [2.45, 2.75) is 4.90 Å². The molecule has 0 aromatic heterocycles. The third kappa shape index (κ3) is 5.09. The summed E-state index contributed by atoms with van der Waals surface area (Å²) in [6, 6.07) is 11.1. The van der Waals surface area contributed by atoms with E-state index in [1.54, 1.807) is 24.3 Å². The second kappa shape index (κ2) is 8.32. The van der Waals surface area contributed by atoms with Crippen LogP contribution in [-0.2, 0) is 10.0 Å². The molecule has 0 radical (unpaired) electrons. The maximum absolute atomic E-state index is 12.1. The van der Waals surface area contributed by atoms with Gasteiger partial charge < -0.3 is 4.74 Å². The van der Waals surface area contributed by atoms with Gasteiger partial charge in [0, 0.05) is 15.1 Å². The highest BCUT2D eigenvalue weighted by Gasteiger charge is 2.12. The van der Waals surface area contributed by atoms with Gasteiger partial charge in [0.1, 0.15) is 12.4 Å². The number of halogens is 2. The second-order valence-electron chi connectivity index (χ2n) is 4.59. The smallest absolute Gasteiger partial charge is 0.276 e. The summed E-state index contributed by atoms with van der Waals surface area (Å²) < 4.78 is 30.4. The Morgan fingerprint density at radius 3 is 2.62 bits per heavy atom. The quantitative estimate of drug-likeness (QED) is 0.411. The van der Waals surface area contributed by atoms with Gasteiger partial charge in [-0.1, -0.05) is 40.2 Å². The average Bonchev–Trinajstić information content (AvgIpc) is 2.55. The predicted molar refractivity (Wildman–Crippen MR) is 99.2 cm³/mol. The molecule has 0 atom stereocenters. The van der Waals surface area contributed by atoms with Gasteiger partial charge in [0.15, 0.2) is 0 Å². The number of rotatable bonds is 7. The molecule has 0 bridgehead atoms. The van der Waals surface area contributed by atoms with Crippen molar-refractivity contribution in [3.8, 4) is 5.75 Å². The molecule has 0 saturated heterocycles. The topological polar surface area (TPSA) is 67.8 Å². The van der Waals surface area contributed by atoms with Gasteiger partial charge >= 0.3 is 0 Å². The van der Waals surface area contributed by atoms with E-state index in [4.69, 9.17) is 16.3 Å². The molecule has 8 heteroatoms. The Morgan fingerprint density at radius 2 is 1.96 bits per heavy atom. The minimum atomic E-state index is -3.75. The van der Waals surface area contributed by atoms with Crippen molar-refractivity contribution in [1.82, 2.24) is 4.83 Å². The van der Waals surface area contributed by atoms with Gasteiger partial charge in [-0.05, 0) is 42.5 Å². The molecule has 24 heavy (non-hydrogen) atoms. The van der Waals surface area contributed by atoms with Crippen molar-refractivity contribution in [2.75, 3.05) is 6.61 Å².